The van der Waals surface area contributed by atoms with Crippen LogP contribution in [0.25, 0.3) is 0 Å². The smallest absolute Gasteiger partial charge is 0.193 e. The Morgan fingerprint density at radius 2 is 2.25 bits per heavy atom. The number of ether oxygens (including phenoxy) is 1. The molecule has 1 fully saturated rings. The van der Waals surface area contributed by atoms with Gasteiger partial charge in [0.1, 0.15) is 11.6 Å². The third kappa shape index (κ3) is 3.90. The topological polar surface area (TPSA) is 59.6 Å². The molecule has 1 unspecified atom stereocenters. The van der Waals surface area contributed by atoms with E-state index < -0.39 is 11.6 Å². The molecule has 3 N–H and O–H groups in total. The molecule has 1 atom stereocenters. The molecule has 0 spiro atoms. The van der Waals surface area contributed by atoms with Crippen LogP contribution in [0.3, 0.4) is 0 Å². The van der Waals surface area contributed by atoms with Crippen LogP contribution in [0.4, 0.5) is 14.5 Å². The molecule has 20 heavy (non-hydrogen) atoms. The molecule has 0 bridgehead atoms. The zero-order valence-electron chi connectivity index (χ0n) is 11.6. The highest BCUT2D eigenvalue weighted by Gasteiger charge is 2.31. The summed E-state index contributed by atoms with van der Waals surface area (Å²) in [6.45, 7) is 4.46. The maximum Gasteiger partial charge on any atom is 0.193 e. The van der Waals surface area contributed by atoms with E-state index in [0.717, 1.165) is 31.0 Å². The molecule has 0 aliphatic carbocycles. The van der Waals surface area contributed by atoms with Gasteiger partial charge in [0.15, 0.2) is 5.96 Å². The van der Waals surface area contributed by atoms with Crippen molar-refractivity contribution in [1.29, 1.82) is 0 Å². The third-order valence-electron chi connectivity index (χ3n) is 3.21. The number of hydrogen-bond acceptors (Lipinski definition) is 2. The Bertz CT molecular complexity index is 517. The van der Waals surface area contributed by atoms with Gasteiger partial charge in [0.25, 0.3) is 0 Å². The van der Waals surface area contributed by atoms with Crippen molar-refractivity contribution in [2.24, 2.45) is 10.7 Å². The van der Waals surface area contributed by atoms with Crippen LogP contribution < -0.4 is 11.1 Å². The van der Waals surface area contributed by atoms with E-state index in [1.54, 1.807) is 0 Å². The van der Waals surface area contributed by atoms with Crippen LogP contribution in [0.15, 0.2) is 23.2 Å². The lowest BCUT2D eigenvalue weighted by Crippen LogP contribution is -2.26. The number of nitrogens with two attached hydrogens (primary N) is 1. The molecule has 1 aromatic rings. The Hall–Kier alpha value is -1.69. The van der Waals surface area contributed by atoms with E-state index in [2.05, 4.69) is 10.3 Å². The summed E-state index contributed by atoms with van der Waals surface area (Å²) >= 11 is 0. The van der Waals surface area contributed by atoms with Crippen LogP contribution in [0.1, 0.15) is 26.7 Å². The average molecular weight is 283 g/mol. The summed E-state index contributed by atoms with van der Waals surface area (Å²) in [6, 6.07) is 3.11. The number of nitrogens with one attached hydrogen (secondary N) is 1. The quantitative estimate of drug-likeness (QED) is 0.662. The fourth-order valence-corrected chi connectivity index (χ4v) is 2.18. The van der Waals surface area contributed by atoms with Crippen LogP contribution in [-0.4, -0.2) is 24.2 Å². The van der Waals surface area contributed by atoms with Gasteiger partial charge in [-0.15, -0.1) is 0 Å². The zero-order valence-corrected chi connectivity index (χ0v) is 11.6. The number of halogens is 2. The lowest BCUT2D eigenvalue weighted by atomic mass is 10.1. The number of rotatable bonds is 3. The lowest BCUT2D eigenvalue weighted by molar-refractivity contribution is -0.0106. The van der Waals surface area contributed by atoms with Crippen molar-refractivity contribution >= 4 is 11.6 Å². The standard InChI is InChI=1S/C14H19F2N3O/c1-14(2)6-5-10(20-14)8-18-13(17)19-12-7-9(15)3-4-11(12)16/h3-4,7,10H,5-6,8H2,1-2H3,(H3,17,18,19). The maximum atomic E-state index is 13.4. The van der Waals surface area contributed by atoms with Gasteiger partial charge >= 0.3 is 0 Å². The first kappa shape index (κ1) is 14.7. The van der Waals surface area contributed by atoms with Crippen molar-refractivity contribution in [3.63, 3.8) is 0 Å². The van der Waals surface area contributed by atoms with Crippen LogP contribution in [0.2, 0.25) is 0 Å². The Kier molecular flexibility index (Phi) is 4.23. The summed E-state index contributed by atoms with van der Waals surface area (Å²) < 4.78 is 32.2. The highest BCUT2D eigenvalue weighted by Crippen LogP contribution is 2.29. The monoisotopic (exact) mass is 283 g/mol. The van der Waals surface area contributed by atoms with Crippen molar-refractivity contribution in [3.8, 4) is 0 Å². The first-order valence-corrected chi connectivity index (χ1v) is 6.55. The maximum absolute atomic E-state index is 13.4. The fourth-order valence-electron chi connectivity index (χ4n) is 2.18. The average Bonchev–Trinajstić information content (AvgIpc) is 2.71. The van der Waals surface area contributed by atoms with E-state index in [1.807, 2.05) is 13.8 Å². The number of nitrogens with zero attached hydrogens (tertiary/aromatic N) is 1. The molecule has 6 heteroatoms. The van der Waals surface area contributed by atoms with Crippen LogP contribution >= 0.6 is 0 Å². The molecule has 1 aliphatic rings. The Morgan fingerprint density at radius 3 is 2.90 bits per heavy atom. The highest BCUT2D eigenvalue weighted by atomic mass is 19.1. The van der Waals surface area contributed by atoms with Gasteiger partial charge in [-0.3, -0.25) is 4.99 Å². The molecule has 0 amide bonds. The third-order valence-corrected chi connectivity index (χ3v) is 3.21. The number of anilines is 1. The molecule has 0 radical (unpaired) electrons. The second kappa shape index (κ2) is 5.75. The normalized spacial score (nSPS) is 22.0. The molecule has 0 saturated carbocycles. The Labute approximate surface area is 117 Å². The summed E-state index contributed by atoms with van der Waals surface area (Å²) in [5, 5.41) is 2.55. The summed E-state index contributed by atoms with van der Waals surface area (Å²) in [5.74, 6) is -1.08. The van der Waals surface area contributed by atoms with Gasteiger partial charge in [0.2, 0.25) is 0 Å². The summed E-state index contributed by atoms with van der Waals surface area (Å²) in [5.41, 5.74) is 5.51. The summed E-state index contributed by atoms with van der Waals surface area (Å²) in [4.78, 5) is 4.11. The Balaban J connectivity index is 1.93. The van der Waals surface area contributed by atoms with E-state index in [9.17, 15) is 8.78 Å². The van der Waals surface area contributed by atoms with Crippen molar-refractivity contribution in [2.75, 3.05) is 11.9 Å². The number of aliphatic imine (C=N–C) groups is 1. The SMILES string of the molecule is CC1(C)CCC(CN=C(N)Nc2cc(F)ccc2F)O1. The van der Waals surface area contributed by atoms with E-state index in [-0.39, 0.29) is 23.4 Å². The number of hydrogen-bond donors (Lipinski definition) is 2. The molecule has 1 heterocycles. The van der Waals surface area contributed by atoms with Gasteiger partial charge in [0.05, 0.1) is 23.9 Å². The number of benzene rings is 1. The van der Waals surface area contributed by atoms with E-state index in [0.29, 0.717) is 6.54 Å². The summed E-state index contributed by atoms with van der Waals surface area (Å²) in [7, 11) is 0. The van der Waals surface area contributed by atoms with Crippen molar-refractivity contribution < 1.29 is 13.5 Å². The van der Waals surface area contributed by atoms with Gasteiger partial charge in [-0.25, -0.2) is 8.78 Å². The molecule has 4 nitrogen and oxygen atoms in total. The molecule has 1 aromatic carbocycles. The van der Waals surface area contributed by atoms with Gasteiger partial charge < -0.3 is 15.8 Å². The van der Waals surface area contributed by atoms with E-state index >= 15 is 0 Å². The molecule has 2 rings (SSSR count). The minimum Gasteiger partial charge on any atom is -0.370 e. The van der Waals surface area contributed by atoms with Crippen LogP contribution in [0.5, 0.6) is 0 Å². The van der Waals surface area contributed by atoms with Crippen LogP contribution in [-0.2, 0) is 4.74 Å². The Morgan fingerprint density at radius 1 is 1.50 bits per heavy atom. The minimum absolute atomic E-state index is 0.0164. The summed E-state index contributed by atoms with van der Waals surface area (Å²) in [6.07, 6.45) is 1.90. The molecule has 1 saturated heterocycles. The molecular weight excluding hydrogens is 264 g/mol. The van der Waals surface area contributed by atoms with Gasteiger partial charge in [-0.05, 0) is 38.8 Å². The second-order valence-corrected chi connectivity index (χ2v) is 5.51. The lowest BCUT2D eigenvalue weighted by Gasteiger charge is -2.18. The predicted molar refractivity (Wildman–Crippen MR) is 74.7 cm³/mol. The van der Waals surface area contributed by atoms with Gasteiger partial charge in [-0.1, -0.05) is 0 Å². The van der Waals surface area contributed by atoms with Crippen molar-refractivity contribution in [1.82, 2.24) is 0 Å². The van der Waals surface area contributed by atoms with Gasteiger partial charge in [0, 0.05) is 6.07 Å². The number of guanidine groups is 1. The second-order valence-electron chi connectivity index (χ2n) is 5.51. The molecule has 0 aromatic heterocycles. The highest BCUT2D eigenvalue weighted by molar-refractivity contribution is 5.92. The van der Waals surface area contributed by atoms with Gasteiger partial charge in [-0.2, -0.15) is 0 Å². The zero-order chi connectivity index (χ0) is 14.8. The largest absolute Gasteiger partial charge is 0.370 e. The van der Waals surface area contributed by atoms with Crippen molar-refractivity contribution in [3.05, 3.63) is 29.8 Å². The molecule has 110 valence electrons. The molecule has 1 aliphatic heterocycles. The minimum atomic E-state index is -0.581. The fraction of sp³-hybridized carbons (Fsp3) is 0.500. The predicted octanol–water partition coefficient (Wildman–Crippen LogP) is 2.65. The van der Waals surface area contributed by atoms with E-state index in [1.165, 1.54) is 0 Å². The van der Waals surface area contributed by atoms with Crippen LogP contribution in [0, 0.1) is 11.6 Å². The first-order chi connectivity index (χ1) is 9.35. The van der Waals surface area contributed by atoms with E-state index in [4.69, 9.17) is 10.5 Å². The van der Waals surface area contributed by atoms with Crippen molar-refractivity contribution in [2.45, 2.75) is 38.4 Å². The first-order valence-electron chi connectivity index (χ1n) is 6.55. The molecular formula is C14H19F2N3O.